The van der Waals surface area contributed by atoms with Crippen LogP contribution < -0.4 is 5.46 Å². The lowest BCUT2D eigenvalue weighted by molar-refractivity contribution is 0.00578. The molecule has 11 heteroatoms. The molecule has 2 amide bonds. The summed E-state index contributed by atoms with van der Waals surface area (Å²) in [6, 6.07) is 4.82. The molecular formula is C29H42BFN2O6S. The van der Waals surface area contributed by atoms with E-state index in [1.165, 1.54) is 23.9 Å². The Labute approximate surface area is 241 Å². The van der Waals surface area contributed by atoms with Crippen LogP contribution in [0.15, 0.2) is 23.2 Å². The van der Waals surface area contributed by atoms with Crippen LogP contribution in [0.1, 0.15) is 94.1 Å². The van der Waals surface area contributed by atoms with Crippen molar-refractivity contribution in [1.82, 2.24) is 4.90 Å². The quantitative estimate of drug-likeness (QED) is 0.377. The third kappa shape index (κ3) is 6.21. The number of halogens is 1. The molecule has 1 saturated heterocycles. The van der Waals surface area contributed by atoms with E-state index in [4.69, 9.17) is 23.8 Å². The minimum absolute atomic E-state index is 0.0910. The average molecular weight is 577 g/mol. The molecule has 220 valence electrons. The van der Waals surface area contributed by atoms with Crippen molar-refractivity contribution in [1.29, 1.82) is 0 Å². The molecule has 8 nitrogen and oxygen atoms in total. The van der Waals surface area contributed by atoms with Gasteiger partial charge in [-0.1, -0.05) is 24.2 Å². The lowest BCUT2D eigenvalue weighted by Gasteiger charge is -2.39. The number of hydrogen-bond donors (Lipinski definition) is 0. The zero-order valence-electron chi connectivity index (χ0n) is 25.3. The van der Waals surface area contributed by atoms with Crippen molar-refractivity contribution in [2.24, 2.45) is 10.9 Å². The Morgan fingerprint density at radius 3 is 2.08 bits per heavy atom. The molecule has 3 aliphatic rings. The minimum Gasteiger partial charge on any atom is -0.443 e. The molecule has 0 radical (unpaired) electrons. The summed E-state index contributed by atoms with van der Waals surface area (Å²) >= 11 is 1.31. The number of hydrogen-bond acceptors (Lipinski definition) is 8. The van der Waals surface area contributed by atoms with Crippen molar-refractivity contribution < 1.29 is 32.8 Å². The van der Waals surface area contributed by atoms with Gasteiger partial charge in [0.05, 0.1) is 16.7 Å². The summed E-state index contributed by atoms with van der Waals surface area (Å²) in [6.45, 7) is 18.2. The molecule has 2 aliphatic heterocycles. The second-order valence-electron chi connectivity index (χ2n) is 13.9. The summed E-state index contributed by atoms with van der Waals surface area (Å²) in [5.74, 6) is 0.269. The number of benzene rings is 1. The van der Waals surface area contributed by atoms with Gasteiger partial charge in [-0.2, -0.15) is 4.90 Å². The summed E-state index contributed by atoms with van der Waals surface area (Å²) in [6.07, 6.45) is 0.687. The predicted octanol–water partition coefficient (Wildman–Crippen LogP) is 6.40. The standard InChI is InChI=1S/C29H42BFN2O6S/c1-25(2,3)36-23(34)33(24(35)37-26(4,5)6)22-32-29(13-11-12-18(29)17-40-22)19-14-20(16-21(31)15-19)30-38-27(7,8)28(9,10)39-30/h14-16,18H,11-13,17H2,1-10H3/t18-,29-/m0/s1. The van der Waals surface area contributed by atoms with Crippen molar-refractivity contribution in [2.45, 2.75) is 116 Å². The van der Waals surface area contributed by atoms with Crippen LogP contribution in [0.2, 0.25) is 0 Å². The van der Waals surface area contributed by atoms with Gasteiger partial charge in [-0.05, 0) is 111 Å². The van der Waals surface area contributed by atoms with E-state index in [2.05, 4.69) is 0 Å². The normalized spacial score (nSPS) is 25.7. The zero-order chi connectivity index (χ0) is 29.9. The largest absolute Gasteiger partial charge is 0.494 e. The van der Waals surface area contributed by atoms with Crippen molar-refractivity contribution in [2.75, 3.05) is 5.75 Å². The van der Waals surface area contributed by atoms with Crippen molar-refractivity contribution in [3.63, 3.8) is 0 Å². The SMILES string of the molecule is CC(C)(C)OC(=O)N(C(=O)OC(C)(C)C)C1=N[C@@]2(c3cc(F)cc(B4OC(C)(C)C(C)(C)O4)c3)CCC[C@H]2CS1. The van der Waals surface area contributed by atoms with Crippen molar-refractivity contribution in [3.8, 4) is 0 Å². The number of ether oxygens (including phenoxy) is 2. The number of imide groups is 1. The molecule has 0 spiro atoms. The van der Waals surface area contributed by atoms with E-state index >= 15 is 4.39 Å². The van der Waals surface area contributed by atoms with E-state index in [0.717, 1.165) is 17.7 Å². The summed E-state index contributed by atoms with van der Waals surface area (Å²) in [4.78, 5) is 32.6. The van der Waals surface area contributed by atoms with Gasteiger partial charge in [0.2, 0.25) is 0 Å². The molecule has 2 fully saturated rings. The second kappa shape index (κ2) is 10.3. The molecule has 40 heavy (non-hydrogen) atoms. The average Bonchev–Trinajstić information content (AvgIpc) is 3.29. The van der Waals surface area contributed by atoms with Crippen LogP contribution in [0.25, 0.3) is 0 Å². The smallest absolute Gasteiger partial charge is 0.443 e. The van der Waals surface area contributed by atoms with E-state index < -0.39 is 53.1 Å². The van der Waals surface area contributed by atoms with Crippen molar-refractivity contribution in [3.05, 3.63) is 29.6 Å². The van der Waals surface area contributed by atoms with Crippen LogP contribution >= 0.6 is 11.8 Å². The minimum atomic E-state index is -0.864. The molecule has 0 bridgehead atoms. The molecule has 0 unspecified atom stereocenters. The van der Waals surface area contributed by atoms with Gasteiger partial charge in [-0.15, -0.1) is 0 Å². The van der Waals surface area contributed by atoms with Gasteiger partial charge in [0, 0.05) is 5.75 Å². The molecule has 1 aromatic carbocycles. The number of rotatable bonds is 2. The number of carbonyl (C=O) groups excluding carboxylic acids is 2. The number of aliphatic imine (C=N–C) groups is 1. The Morgan fingerprint density at radius 2 is 1.55 bits per heavy atom. The van der Waals surface area contributed by atoms with Gasteiger partial charge >= 0.3 is 19.3 Å². The monoisotopic (exact) mass is 576 g/mol. The molecule has 0 N–H and O–H groups in total. The number of thioether (sulfide) groups is 1. The van der Waals surface area contributed by atoms with Crippen LogP contribution in [0.3, 0.4) is 0 Å². The third-order valence-electron chi connectivity index (χ3n) is 7.78. The second-order valence-corrected chi connectivity index (χ2v) is 14.9. The van der Waals surface area contributed by atoms with E-state index in [1.807, 2.05) is 33.8 Å². The maximum Gasteiger partial charge on any atom is 0.494 e. The van der Waals surface area contributed by atoms with Gasteiger partial charge in [-0.25, -0.2) is 19.0 Å². The fraction of sp³-hybridized carbons (Fsp3) is 0.690. The summed E-state index contributed by atoms with van der Waals surface area (Å²) in [5, 5.41) is 0.183. The van der Waals surface area contributed by atoms with Gasteiger partial charge in [-0.3, -0.25) is 0 Å². The molecular weight excluding hydrogens is 534 g/mol. The van der Waals surface area contributed by atoms with Crippen LogP contribution in [0.4, 0.5) is 14.0 Å². The summed E-state index contributed by atoms with van der Waals surface area (Å²) < 4.78 is 38.8. The first-order chi connectivity index (χ1) is 18.2. The topological polar surface area (TPSA) is 86.7 Å². The highest BCUT2D eigenvalue weighted by molar-refractivity contribution is 8.13. The van der Waals surface area contributed by atoms with Gasteiger partial charge in [0.15, 0.2) is 5.17 Å². The van der Waals surface area contributed by atoms with Crippen LogP contribution in [-0.4, -0.2) is 57.5 Å². The fourth-order valence-corrected chi connectivity index (χ4v) is 6.49. The molecule has 4 rings (SSSR count). The Kier molecular flexibility index (Phi) is 7.95. The molecule has 2 atom stereocenters. The molecule has 2 heterocycles. The van der Waals surface area contributed by atoms with E-state index in [1.54, 1.807) is 41.5 Å². The van der Waals surface area contributed by atoms with Crippen LogP contribution in [0, 0.1) is 11.7 Å². The molecule has 1 aliphatic carbocycles. The van der Waals surface area contributed by atoms with Crippen molar-refractivity contribution >= 4 is 41.7 Å². The highest BCUT2D eigenvalue weighted by Gasteiger charge is 2.53. The predicted molar refractivity (Wildman–Crippen MR) is 155 cm³/mol. The van der Waals surface area contributed by atoms with Gasteiger partial charge < -0.3 is 18.8 Å². The summed E-state index contributed by atoms with van der Waals surface area (Å²) in [7, 11) is -0.739. The Hall–Kier alpha value is -2.11. The number of amides is 2. The van der Waals surface area contributed by atoms with Crippen LogP contribution in [-0.2, 0) is 24.3 Å². The Balaban J connectivity index is 1.78. The number of fused-ring (bicyclic) bond motifs is 1. The van der Waals surface area contributed by atoms with Crippen LogP contribution in [0.5, 0.6) is 0 Å². The van der Waals surface area contributed by atoms with Gasteiger partial charge in [0.25, 0.3) is 0 Å². The summed E-state index contributed by atoms with van der Waals surface area (Å²) in [5.41, 5.74) is -2.43. The Morgan fingerprint density at radius 1 is 1.00 bits per heavy atom. The number of nitrogens with zero attached hydrogens (tertiary/aromatic N) is 2. The maximum absolute atomic E-state index is 15.2. The van der Waals surface area contributed by atoms with Gasteiger partial charge in [0.1, 0.15) is 17.0 Å². The van der Waals surface area contributed by atoms with E-state index in [0.29, 0.717) is 23.2 Å². The fourth-order valence-electron chi connectivity index (χ4n) is 5.19. The zero-order valence-corrected chi connectivity index (χ0v) is 26.2. The lowest BCUT2D eigenvalue weighted by atomic mass is 9.74. The molecule has 1 aromatic rings. The highest BCUT2D eigenvalue weighted by atomic mass is 32.2. The maximum atomic E-state index is 15.2. The third-order valence-corrected chi connectivity index (χ3v) is 8.88. The first-order valence-electron chi connectivity index (χ1n) is 13.9. The van der Waals surface area contributed by atoms with E-state index in [9.17, 15) is 9.59 Å². The number of carbonyl (C=O) groups is 2. The highest BCUT2D eigenvalue weighted by Crippen LogP contribution is 2.51. The lowest BCUT2D eigenvalue weighted by Crippen LogP contribution is -2.49. The van der Waals surface area contributed by atoms with E-state index in [-0.39, 0.29) is 11.1 Å². The molecule has 1 saturated carbocycles. The Bertz CT molecular complexity index is 1160. The molecule has 0 aromatic heterocycles. The number of amidine groups is 1. The first-order valence-corrected chi connectivity index (χ1v) is 14.9. The first kappa shape index (κ1) is 30.8.